The van der Waals surface area contributed by atoms with Crippen molar-refractivity contribution in [2.45, 2.75) is 6.92 Å². The van der Waals surface area contributed by atoms with E-state index in [1.165, 1.54) is 11.3 Å². The summed E-state index contributed by atoms with van der Waals surface area (Å²) in [6, 6.07) is 3.68. The molecular weight excluding hydrogens is 214 g/mol. The Morgan fingerprint density at radius 3 is 2.60 bits per heavy atom. The second kappa shape index (κ2) is 3.66. The van der Waals surface area contributed by atoms with Crippen LogP contribution in [0, 0.1) is 12.8 Å². The van der Waals surface area contributed by atoms with Gasteiger partial charge >= 0.3 is 5.97 Å². The van der Waals surface area contributed by atoms with E-state index in [2.05, 4.69) is 0 Å². The number of thiophene rings is 1. The molecule has 1 aromatic rings. The number of rotatable bonds is 2. The van der Waals surface area contributed by atoms with Crippen molar-refractivity contribution in [1.82, 2.24) is 4.90 Å². The molecule has 80 valence electrons. The van der Waals surface area contributed by atoms with Crippen molar-refractivity contribution in [3.8, 4) is 0 Å². The van der Waals surface area contributed by atoms with Gasteiger partial charge in [0.25, 0.3) is 5.91 Å². The molecule has 4 nitrogen and oxygen atoms in total. The van der Waals surface area contributed by atoms with Crippen molar-refractivity contribution in [2.24, 2.45) is 5.92 Å². The van der Waals surface area contributed by atoms with Gasteiger partial charge in [-0.25, -0.2) is 0 Å². The zero-order valence-electron chi connectivity index (χ0n) is 8.27. The minimum atomic E-state index is -0.818. The first-order valence-electron chi connectivity index (χ1n) is 4.66. The van der Waals surface area contributed by atoms with E-state index in [1.807, 2.05) is 13.0 Å². The van der Waals surface area contributed by atoms with Gasteiger partial charge < -0.3 is 10.0 Å². The van der Waals surface area contributed by atoms with Crippen LogP contribution >= 0.6 is 11.3 Å². The third-order valence-electron chi connectivity index (χ3n) is 2.47. The number of carbonyl (C=O) groups is 2. The molecule has 0 saturated carbocycles. The number of hydrogen-bond donors (Lipinski definition) is 1. The highest BCUT2D eigenvalue weighted by Crippen LogP contribution is 2.22. The van der Waals surface area contributed by atoms with Crippen LogP contribution in [0.1, 0.15) is 14.5 Å². The number of amides is 1. The summed E-state index contributed by atoms with van der Waals surface area (Å²) < 4.78 is 0. The van der Waals surface area contributed by atoms with E-state index in [-0.39, 0.29) is 11.8 Å². The standard InChI is InChI=1S/C10H11NO3S/c1-6-2-3-8(15-6)9(12)11-4-7(5-11)10(13)14/h2-3,7H,4-5H2,1H3,(H,13,14). The molecule has 0 spiro atoms. The Kier molecular flexibility index (Phi) is 2.48. The predicted octanol–water partition coefficient (Wildman–Crippen LogP) is 1.21. The van der Waals surface area contributed by atoms with E-state index in [9.17, 15) is 9.59 Å². The van der Waals surface area contributed by atoms with Gasteiger partial charge in [-0.15, -0.1) is 11.3 Å². The number of carboxylic acids is 1. The van der Waals surface area contributed by atoms with E-state index < -0.39 is 5.97 Å². The molecular formula is C10H11NO3S. The first-order valence-corrected chi connectivity index (χ1v) is 5.48. The van der Waals surface area contributed by atoms with Gasteiger partial charge in [0.1, 0.15) is 0 Å². The molecule has 0 atom stereocenters. The Morgan fingerprint density at radius 1 is 1.47 bits per heavy atom. The summed E-state index contributed by atoms with van der Waals surface area (Å²) in [7, 11) is 0. The minimum Gasteiger partial charge on any atom is -0.481 e. The van der Waals surface area contributed by atoms with Crippen LogP contribution in [0.3, 0.4) is 0 Å². The van der Waals surface area contributed by atoms with Crippen LogP contribution in [0.4, 0.5) is 0 Å². The number of nitrogens with zero attached hydrogens (tertiary/aromatic N) is 1. The minimum absolute atomic E-state index is 0.0504. The first kappa shape index (κ1) is 10.2. The lowest BCUT2D eigenvalue weighted by atomic mass is 10.0. The monoisotopic (exact) mass is 225 g/mol. The van der Waals surface area contributed by atoms with Crippen molar-refractivity contribution in [1.29, 1.82) is 0 Å². The summed E-state index contributed by atoms with van der Waals surface area (Å²) in [4.78, 5) is 25.7. The van der Waals surface area contributed by atoms with Crippen LogP contribution in [0.5, 0.6) is 0 Å². The summed E-state index contributed by atoms with van der Waals surface area (Å²) in [5.74, 6) is -1.25. The number of carbonyl (C=O) groups excluding carboxylic acids is 1. The zero-order valence-corrected chi connectivity index (χ0v) is 9.08. The lowest BCUT2D eigenvalue weighted by Crippen LogP contribution is -2.52. The summed E-state index contributed by atoms with van der Waals surface area (Å²) in [6.07, 6.45) is 0. The number of aryl methyl sites for hydroxylation is 1. The Labute approximate surface area is 91.1 Å². The van der Waals surface area contributed by atoms with Gasteiger partial charge in [0, 0.05) is 18.0 Å². The molecule has 2 rings (SSSR count). The Morgan fingerprint density at radius 2 is 2.13 bits per heavy atom. The molecule has 1 aromatic heterocycles. The van der Waals surface area contributed by atoms with Crippen LogP contribution in [0.2, 0.25) is 0 Å². The average Bonchev–Trinajstić information content (AvgIpc) is 2.48. The fourth-order valence-electron chi connectivity index (χ4n) is 1.51. The molecule has 1 amide bonds. The van der Waals surface area contributed by atoms with E-state index in [1.54, 1.807) is 11.0 Å². The molecule has 1 aliphatic heterocycles. The van der Waals surface area contributed by atoms with Gasteiger partial charge in [0.05, 0.1) is 10.8 Å². The number of aliphatic carboxylic acids is 1. The smallest absolute Gasteiger partial charge is 0.310 e. The Bertz CT molecular complexity index is 407. The van der Waals surface area contributed by atoms with Gasteiger partial charge in [-0.1, -0.05) is 0 Å². The first-order chi connectivity index (χ1) is 7.08. The fraction of sp³-hybridized carbons (Fsp3) is 0.400. The number of hydrogen-bond acceptors (Lipinski definition) is 3. The van der Waals surface area contributed by atoms with Crippen molar-refractivity contribution in [3.05, 3.63) is 21.9 Å². The van der Waals surface area contributed by atoms with Gasteiger partial charge in [-0.3, -0.25) is 9.59 Å². The average molecular weight is 225 g/mol. The topological polar surface area (TPSA) is 57.6 Å². The molecule has 2 heterocycles. The lowest BCUT2D eigenvalue weighted by Gasteiger charge is -2.36. The summed E-state index contributed by atoms with van der Waals surface area (Å²) in [6.45, 7) is 2.62. The lowest BCUT2D eigenvalue weighted by molar-refractivity contribution is -0.146. The summed E-state index contributed by atoms with van der Waals surface area (Å²) in [5.41, 5.74) is 0. The number of likely N-dealkylation sites (tertiary alicyclic amines) is 1. The van der Waals surface area contributed by atoms with Crippen LogP contribution in [0.15, 0.2) is 12.1 Å². The van der Waals surface area contributed by atoms with Crippen LogP contribution in [-0.2, 0) is 4.79 Å². The van der Waals surface area contributed by atoms with Crippen LogP contribution < -0.4 is 0 Å². The van der Waals surface area contributed by atoms with Gasteiger partial charge in [-0.05, 0) is 19.1 Å². The number of carboxylic acid groups (broad SMARTS) is 1. The summed E-state index contributed by atoms with van der Waals surface area (Å²) >= 11 is 1.44. The highest BCUT2D eigenvalue weighted by Gasteiger charge is 2.36. The maximum absolute atomic E-state index is 11.8. The molecule has 0 aliphatic carbocycles. The van der Waals surface area contributed by atoms with Gasteiger partial charge in [0.2, 0.25) is 0 Å². The molecule has 1 aliphatic rings. The molecule has 1 fully saturated rings. The predicted molar refractivity (Wildman–Crippen MR) is 56.1 cm³/mol. The maximum Gasteiger partial charge on any atom is 0.310 e. The maximum atomic E-state index is 11.8. The van der Waals surface area contributed by atoms with Gasteiger partial charge in [-0.2, -0.15) is 0 Å². The van der Waals surface area contributed by atoms with Crippen LogP contribution in [0.25, 0.3) is 0 Å². The highest BCUT2D eigenvalue weighted by atomic mass is 32.1. The quantitative estimate of drug-likeness (QED) is 0.823. The molecule has 1 saturated heterocycles. The van der Waals surface area contributed by atoms with E-state index in [4.69, 9.17) is 5.11 Å². The van der Waals surface area contributed by atoms with Crippen molar-refractivity contribution in [3.63, 3.8) is 0 Å². The molecule has 5 heteroatoms. The molecule has 0 aromatic carbocycles. The van der Waals surface area contributed by atoms with Gasteiger partial charge in [0.15, 0.2) is 0 Å². The van der Waals surface area contributed by atoms with Crippen molar-refractivity contribution >= 4 is 23.2 Å². The van der Waals surface area contributed by atoms with Crippen LogP contribution in [-0.4, -0.2) is 35.0 Å². The SMILES string of the molecule is Cc1ccc(C(=O)N2CC(C(=O)O)C2)s1. The van der Waals surface area contributed by atoms with Crippen molar-refractivity contribution < 1.29 is 14.7 Å². The largest absolute Gasteiger partial charge is 0.481 e. The zero-order chi connectivity index (χ0) is 11.0. The molecule has 1 N–H and O–H groups in total. The highest BCUT2D eigenvalue weighted by molar-refractivity contribution is 7.13. The normalized spacial score (nSPS) is 16.2. The molecule has 0 radical (unpaired) electrons. The fourth-order valence-corrected chi connectivity index (χ4v) is 2.34. The Hall–Kier alpha value is -1.36. The van der Waals surface area contributed by atoms with E-state index in [0.29, 0.717) is 18.0 Å². The second-order valence-corrected chi connectivity index (χ2v) is 4.94. The van der Waals surface area contributed by atoms with Crippen molar-refractivity contribution in [2.75, 3.05) is 13.1 Å². The molecule has 0 bridgehead atoms. The van der Waals surface area contributed by atoms with E-state index in [0.717, 1.165) is 4.88 Å². The third-order valence-corrected chi connectivity index (χ3v) is 3.46. The second-order valence-electron chi connectivity index (χ2n) is 3.66. The molecule has 15 heavy (non-hydrogen) atoms. The molecule has 0 unspecified atom stereocenters. The summed E-state index contributed by atoms with van der Waals surface area (Å²) in [5, 5.41) is 8.67. The Balaban J connectivity index is 1.97. The third kappa shape index (κ3) is 1.87. The van der Waals surface area contributed by atoms with E-state index >= 15 is 0 Å².